The summed E-state index contributed by atoms with van der Waals surface area (Å²) in [5.41, 5.74) is 6.78. The predicted molar refractivity (Wildman–Crippen MR) is 130 cm³/mol. The van der Waals surface area contributed by atoms with Gasteiger partial charge in [-0.3, -0.25) is 24.0 Å². The first-order valence-corrected chi connectivity index (χ1v) is 11.8. The van der Waals surface area contributed by atoms with Gasteiger partial charge in [-0.1, -0.05) is 37.3 Å². The van der Waals surface area contributed by atoms with Gasteiger partial charge in [0.25, 0.3) is 0 Å². The van der Waals surface area contributed by atoms with Crippen molar-refractivity contribution in [3.05, 3.63) is 35.9 Å². The molecule has 0 aliphatic rings. The molecule has 0 aliphatic heterocycles. The van der Waals surface area contributed by atoms with Crippen molar-refractivity contribution in [2.45, 2.75) is 70.1 Å². The van der Waals surface area contributed by atoms with E-state index in [9.17, 15) is 24.0 Å². The molecule has 0 heterocycles. The predicted octanol–water partition coefficient (Wildman–Crippen LogP) is 0.195. The van der Waals surface area contributed by atoms with Crippen LogP contribution in [-0.2, 0) is 30.4 Å². The number of aliphatic carboxylic acids is 1. The summed E-state index contributed by atoms with van der Waals surface area (Å²) in [7, 11) is 0. The number of thiol groups is 1. The molecule has 0 spiro atoms. The SMILES string of the molecule is CCC(=O)N[C@@H](Cc1ccccc1)C(=O)CC[C@H](N)C(=O)N[C@@H](CC(=O)O)C(=O)N[C@H](C)CS. The lowest BCUT2D eigenvalue weighted by Crippen LogP contribution is -2.54. The van der Waals surface area contributed by atoms with Gasteiger partial charge in [0.2, 0.25) is 17.7 Å². The maximum atomic E-state index is 12.8. The standard InChI is InChI=1S/C23H34N4O6S/c1-3-20(29)26-17(11-15-7-5-4-6-8-15)19(28)10-9-16(24)22(32)27-18(12-21(30)31)23(33)25-14(2)13-34/h4-8,14,16-18,34H,3,9-13,24H2,1-2H3,(H,25,33)(H,26,29)(H,27,32)(H,30,31)/t14-,16+,17+,18+/m1/s1. The minimum atomic E-state index is -1.32. The lowest BCUT2D eigenvalue weighted by molar-refractivity contribution is -0.140. The molecule has 0 aromatic heterocycles. The summed E-state index contributed by atoms with van der Waals surface area (Å²) in [5.74, 6) is -2.89. The van der Waals surface area contributed by atoms with E-state index < -0.39 is 42.3 Å². The first kappa shape index (κ1) is 29.1. The molecule has 0 fully saturated rings. The van der Waals surface area contributed by atoms with Crippen LogP contribution >= 0.6 is 12.6 Å². The molecule has 1 aromatic rings. The van der Waals surface area contributed by atoms with Gasteiger partial charge in [-0.15, -0.1) is 0 Å². The van der Waals surface area contributed by atoms with Gasteiger partial charge in [-0.25, -0.2) is 0 Å². The van der Waals surface area contributed by atoms with E-state index in [1.165, 1.54) is 0 Å². The van der Waals surface area contributed by atoms with E-state index in [1.54, 1.807) is 13.8 Å². The molecule has 11 heteroatoms. The monoisotopic (exact) mass is 494 g/mol. The molecule has 1 rings (SSSR count). The van der Waals surface area contributed by atoms with E-state index in [4.69, 9.17) is 10.8 Å². The van der Waals surface area contributed by atoms with Crippen molar-refractivity contribution in [2.75, 3.05) is 5.75 Å². The average Bonchev–Trinajstić information content (AvgIpc) is 2.81. The Balaban J connectivity index is 2.75. The number of carbonyl (C=O) groups is 5. The third kappa shape index (κ3) is 10.8. The van der Waals surface area contributed by atoms with Crippen molar-refractivity contribution in [1.29, 1.82) is 0 Å². The lowest BCUT2D eigenvalue weighted by Gasteiger charge is -2.22. The quantitative estimate of drug-likeness (QED) is 0.189. The Bertz CT molecular complexity index is 851. The molecule has 6 N–H and O–H groups in total. The third-order valence-electron chi connectivity index (χ3n) is 5.04. The number of rotatable bonds is 15. The van der Waals surface area contributed by atoms with Crippen LogP contribution < -0.4 is 21.7 Å². The van der Waals surface area contributed by atoms with Gasteiger partial charge in [0.15, 0.2) is 5.78 Å². The number of amides is 3. The second-order valence-electron chi connectivity index (χ2n) is 8.03. The van der Waals surface area contributed by atoms with Gasteiger partial charge >= 0.3 is 5.97 Å². The molecule has 0 saturated carbocycles. The zero-order valence-electron chi connectivity index (χ0n) is 19.5. The van der Waals surface area contributed by atoms with E-state index in [2.05, 4.69) is 28.6 Å². The van der Waals surface area contributed by atoms with Gasteiger partial charge in [0, 0.05) is 24.6 Å². The molecule has 4 atom stereocenters. The minimum absolute atomic E-state index is 0.0353. The van der Waals surface area contributed by atoms with Crippen LogP contribution in [-0.4, -0.2) is 64.5 Å². The highest BCUT2D eigenvalue weighted by Crippen LogP contribution is 2.09. The summed E-state index contributed by atoms with van der Waals surface area (Å²) < 4.78 is 0. The number of hydrogen-bond acceptors (Lipinski definition) is 7. The fourth-order valence-electron chi connectivity index (χ4n) is 3.05. The Labute approximate surface area is 204 Å². The number of ketones is 1. The Kier molecular flexibility index (Phi) is 12.9. The lowest BCUT2D eigenvalue weighted by atomic mass is 9.97. The number of carbonyl (C=O) groups excluding carboxylic acids is 4. The topological polar surface area (TPSA) is 168 Å². The fraction of sp³-hybridized carbons (Fsp3) is 0.522. The maximum absolute atomic E-state index is 12.8. The summed E-state index contributed by atoms with van der Waals surface area (Å²) in [6, 6.07) is 5.66. The van der Waals surface area contributed by atoms with Crippen molar-refractivity contribution in [3.63, 3.8) is 0 Å². The summed E-state index contributed by atoms with van der Waals surface area (Å²) in [4.78, 5) is 60.6. The molecule has 1 aromatic carbocycles. The largest absolute Gasteiger partial charge is 0.481 e. The molecule has 0 radical (unpaired) electrons. The Morgan fingerprint density at radius 3 is 2.21 bits per heavy atom. The molecule has 0 saturated heterocycles. The zero-order valence-corrected chi connectivity index (χ0v) is 20.3. The number of nitrogens with one attached hydrogen (secondary N) is 3. The van der Waals surface area contributed by atoms with E-state index in [-0.39, 0.29) is 37.0 Å². The van der Waals surface area contributed by atoms with Crippen LogP contribution in [0.15, 0.2) is 30.3 Å². The number of hydrogen-bond donors (Lipinski definition) is 6. The highest BCUT2D eigenvalue weighted by Gasteiger charge is 2.28. The van der Waals surface area contributed by atoms with Crippen molar-refractivity contribution in [1.82, 2.24) is 16.0 Å². The molecule has 34 heavy (non-hydrogen) atoms. The maximum Gasteiger partial charge on any atom is 0.305 e. The van der Waals surface area contributed by atoms with E-state index in [0.29, 0.717) is 12.2 Å². The van der Waals surface area contributed by atoms with Crippen LogP contribution in [0.1, 0.15) is 45.1 Å². The molecule has 0 aliphatic carbocycles. The third-order valence-corrected chi connectivity index (χ3v) is 5.59. The van der Waals surface area contributed by atoms with Crippen molar-refractivity contribution >= 4 is 42.1 Å². The van der Waals surface area contributed by atoms with Crippen molar-refractivity contribution < 1.29 is 29.1 Å². The fourth-order valence-corrected chi connectivity index (χ4v) is 3.14. The molecule has 0 bridgehead atoms. The van der Waals surface area contributed by atoms with E-state index >= 15 is 0 Å². The van der Waals surface area contributed by atoms with E-state index in [1.807, 2.05) is 30.3 Å². The molecular weight excluding hydrogens is 460 g/mol. The number of Topliss-reactive ketones (excluding diaryl/α,β-unsaturated/α-hetero) is 1. The average molecular weight is 495 g/mol. The number of carboxylic acid groups (broad SMARTS) is 1. The summed E-state index contributed by atoms with van der Waals surface area (Å²) in [6.07, 6.45) is -0.212. The molecular formula is C23H34N4O6S. The van der Waals surface area contributed by atoms with Crippen molar-refractivity contribution in [2.24, 2.45) is 5.73 Å². The Morgan fingerprint density at radius 1 is 1.00 bits per heavy atom. The molecule has 0 unspecified atom stereocenters. The summed E-state index contributed by atoms with van der Waals surface area (Å²) in [6.45, 7) is 3.37. The van der Waals surface area contributed by atoms with Crippen LogP contribution in [0.4, 0.5) is 0 Å². The molecule has 188 valence electrons. The van der Waals surface area contributed by atoms with Crippen LogP contribution in [0.5, 0.6) is 0 Å². The normalized spacial score (nSPS) is 14.2. The second kappa shape index (κ2) is 15.1. The van der Waals surface area contributed by atoms with Gasteiger partial charge in [0.1, 0.15) is 6.04 Å². The molecule has 3 amide bonds. The Morgan fingerprint density at radius 2 is 1.65 bits per heavy atom. The number of carboxylic acids is 1. The first-order valence-electron chi connectivity index (χ1n) is 11.1. The first-order chi connectivity index (χ1) is 16.1. The van der Waals surface area contributed by atoms with Gasteiger partial charge in [-0.05, 0) is 25.3 Å². The zero-order chi connectivity index (χ0) is 25.7. The second-order valence-corrected chi connectivity index (χ2v) is 8.39. The van der Waals surface area contributed by atoms with Gasteiger partial charge in [0.05, 0.1) is 18.5 Å². The van der Waals surface area contributed by atoms with Gasteiger partial charge in [-0.2, -0.15) is 12.6 Å². The van der Waals surface area contributed by atoms with Crippen molar-refractivity contribution in [3.8, 4) is 0 Å². The summed E-state index contributed by atoms with van der Waals surface area (Å²) in [5, 5.41) is 16.7. The van der Waals surface area contributed by atoms with Crippen LogP contribution in [0.3, 0.4) is 0 Å². The van der Waals surface area contributed by atoms with Crippen LogP contribution in [0, 0.1) is 0 Å². The number of benzene rings is 1. The van der Waals surface area contributed by atoms with Crippen LogP contribution in [0.25, 0.3) is 0 Å². The summed E-state index contributed by atoms with van der Waals surface area (Å²) >= 11 is 4.06. The Hall–Kier alpha value is -2.92. The van der Waals surface area contributed by atoms with Crippen LogP contribution in [0.2, 0.25) is 0 Å². The number of nitrogens with two attached hydrogens (primary N) is 1. The highest BCUT2D eigenvalue weighted by atomic mass is 32.1. The van der Waals surface area contributed by atoms with Gasteiger partial charge < -0.3 is 26.8 Å². The minimum Gasteiger partial charge on any atom is -0.481 e. The van der Waals surface area contributed by atoms with E-state index in [0.717, 1.165) is 5.56 Å². The molecule has 10 nitrogen and oxygen atoms in total. The smallest absolute Gasteiger partial charge is 0.305 e. The highest BCUT2D eigenvalue weighted by molar-refractivity contribution is 7.80.